The molecular formula is C24H17N5O2. The van der Waals surface area contributed by atoms with E-state index in [1.165, 1.54) is 12.1 Å². The first-order valence-corrected chi connectivity index (χ1v) is 9.52. The lowest BCUT2D eigenvalue weighted by atomic mass is 10.0. The van der Waals surface area contributed by atoms with Gasteiger partial charge < -0.3 is 0 Å². The third-order valence-corrected chi connectivity index (χ3v) is 4.72. The number of hydrogen-bond acceptors (Lipinski definition) is 5. The molecule has 0 amide bonds. The van der Waals surface area contributed by atoms with Crippen molar-refractivity contribution in [2.45, 2.75) is 6.54 Å². The van der Waals surface area contributed by atoms with E-state index < -0.39 is 4.92 Å². The molecule has 2 heterocycles. The maximum Gasteiger partial charge on any atom is 0.269 e. The Labute approximate surface area is 178 Å². The summed E-state index contributed by atoms with van der Waals surface area (Å²) in [6.45, 7) is 0.585. The van der Waals surface area contributed by atoms with Gasteiger partial charge >= 0.3 is 0 Å². The number of pyridine rings is 1. The topological polar surface area (TPSA) is 97.6 Å². The van der Waals surface area contributed by atoms with Crippen molar-refractivity contribution in [3.8, 4) is 17.3 Å². The molecule has 7 nitrogen and oxygen atoms in total. The van der Waals surface area contributed by atoms with E-state index in [-0.39, 0.29) is 5.69 Å². The van der Waals surface area contributed by atoms with Crippen molar-refractivity contribution < 1.29 is 4.92 Å². The molecule has 4 aromatic rings. The molecule has 150 valence electrons. The van der Waals surface area contributed by atoms with Crippen molar-refractivity contribution in [3.05, 3.63) is 112 Å². The average molecular weight is 407 g/mol. The van der Waals surface area contributed by atoms with Gasteiger partial charge in [-0.2, -0.15) is 10.4 Å². The predicted octanol–water partition coefficient (Wildman–Crippen LogP) is 4.97. The minimum atomic E-state index is -0.465. The van der Waals surface area contributed by atoms with Crippen LogP contribution in [0.5, 0.6) is 0 Å². The molecule has 7 heteroatoms. The molecule has 0 saturated carbocycles. The summed E-state index contributed by atoms with van der Waals surface area (Å²) in [6.07, 6.45) is 7.05. The molecule has 0 radical (unpaired) electrons. The Bertz CT molecular complexity index is 1270. The molecule has 31 heavy (non-hydrogen) atoms. The molecular weight excluding hydrogens is 390 g/mol. The number of aromatic nitrogens is 3. The highest BCUT2D eigenvalue weighted by molar-refractivity contribution is 5.92. The maximum absolute atomic E-state index is 10.9. The lowest BCUT2D eigenvalue weighted by Gasteiger charge is -2.01. The molecule has 4 rings (SSSR count). The highest BCUT2D eigenvalue weighted by atomic mass is 16.6. The van der Waals surface area contributed by atoms with Gasteiger partial charge in [-0.15, -0.1) is 0 Å². The average Bonchev–Trinajstić information content (AvgIpc) is 3.21. The predicted molar refractivity (Wildman–Crippen MR) is 118 cm³/mol. The monoisotopic (exact) mass is 407 g/mol. The molecule has 0 spiro atoms. The number of rotatable bonds is 6. The number of nitro benzene ring substituents is 1. The van der Waals surface area contributed by atoms with Crippen LogP contribution in [0.15, 0.2) is 85.3 Å². The normalized spacial score (nSPS) is 11.1. The van der Waals surface area contributed by atoms with Crippen molar-refractivity contribution >= 4 is 17.3 Å². The van der Waals surface area contributed by atoms with E-state index >= 15 is 0 Å². The van der Waals surface area contributed by atoms with E-state index in [1.54, 1.807) is 30.6 Å². The van der Waals surface area contributed by atoms with Gasteiger partial charge in [0, 0.05) is 41.9 Å². The molecule has 0 aliphatic heterocycles. The second-order valence-corrected chi connectivity index (χ2v) is 6.83. The van der Waals surface area contributed by atoms with Crippen LogP contribution in [-0.2, 0) is 6.54 Å². The number of hydrogen-bond donors (Lipinski definition) is 0. The maximum atomic E-state index is 10.9. The van der Waals surface area contributed by atoms with Crippen LogP contribution in [0.25, 0.3) is 22.9 Å². The van der Waals surface area contributed by atoms with Gasteiger partial charge in [0.15, 0.2) is 0 Å². The van der Waals surface area contributed by atoms with E-state index in [9.17, 15) is 15.4 Å². The van der Waals surface area contributed by atoms with Crippen LogP contribution in [0, 0.1) is 21.4 Å². The molecule has 0 bridgehead atoms. The Hall–Kier alpha value is -4.57. The molecule has 0 N–H and O–H groups in total. The minimum Gasteiger partial charge on any atom is -0.267 e. The van der Waals surface area contributed by atoms with E-state index in [0.29, 0.717) is 23.4 Å². The van der Waals surface area contributed by atoms with Crippen LogP contribution in [0.4, 0.5) is 5.69 Å². The third kappa shape index (κ3) is 4.54. The SMILES string of the molecule is N#C/C(=C\c1cn(Cc2ccccc2)nc1-c1cccnc1)c1ccc([N+](=O)[O-])cc1. The zero-order chi connectivity index (χ0) is 21.6. The van der Waals surface area contributed by atoms with Crippen molar-refractivity contribution in [3.63, 3.8) is 0 Å². The van der Waals surface area contributed by atoms with Gasteiger partial charge in [0.2, 0.25) is 0 Å². The van der Waals surface area contributed by atoms with Crippen molar-refractivity contribution in [2.24, 2.45) is 0 Å². The zero-order valence-corrected chi connectivity index (χ0v) is 16.4. The summed E-state index contributed by atoms with van der Waals surface area (Å²) in [5.41, 5.74) is 4.38. The van der Waals surface area contributed by atoms with E-state index in [2.05, 4.69) is 11.1 Å². The van der Waals surface area contributed by atoms with Crippen LogP contribution in [-0.4, -0.2) is 19.7 Å². The van der Waals surface area contributed by atoms with Gasteiger partial charge in [0.05, 0.1) is 23.1 Å². The summed E-state index contributed by atoms with van der Waals surface area (Å²) in [5, 5.41) is 25.4. The summed E-state index contributed by atoms with van der Waals surface area (Å²) in [7, 11) is 0. The summed E-state index contributed by atoms with van der Waals surface area (Å²) in [6, 6.07) is 21.8. The van der Waals surface area contributed by atoms with Crippen LogP contribution in [0.2, 0.25) is 0 Å². The van der Waals surface area contributed by atoms with Gasteiger partial charge in [-0.1, -0.05) is 30.3 Å². The number of benzene rings is 2. The highest BCUT2D eigenvalue weighted by Crippen LogP contribution is 2.27. The highest BCUT2D eigenvalue weighted by Gasteiger charge is 2.13. The fraction of sp³-hybridized carbons (Fsp3) is 0.0417. The number of non-ortho nitro benzene ring substituents is 1. The number of nitro groups is 1. The first-order chi connectivity index (χ1) is 15.1. The third-order valence-electron chi connectivity index (χ3n) is 4.72. The van der Waals surface area contributed by atoms with Crippen molar-refractivity contribution in [1.82, 2.24) is 14.8 Å². The van der Waals surface area contributed by atoms with Gasteiger partial charge in [-0.05, 0) is 41.5 Å². The molecule has 2 aromatic heterocycles. The second kappa shape index (κ2) is 8.84. The fourth-order valence-corrected chi connectivity index (χ4v) is 3.22. The minimum absolute atomic E-state index is 0.0206. The van der Waals surface area contributed by atoms with Gasteiger partial charge in [0.1, 0.15) is 5.69 Å². The Morgan fingerprint density at radius 1 is 1.10 bits per heavy atom. The molecule has 0 fully saturated rings. The number of nitriles is 1. The molecule has 0 unspecified atom stereocenters. The summed E-state index contributed by atoms with van der Waals surface area (Å²) in [4.78, 5) is 14.6. The molecule has 0 aliphatic carbocycles. The molecule has 2 aromatic carbocycles. The Morgan fingerprint density at radius 2 is 1.87 bits per heavy atom. The standard InChI is InChI=1S/C24H17N5O2/c25-14-21(19-8-10-23(11-9-19)29(30)31)13-22-17-28(16-18-5-2-1-3-6-18)27-24(22)20-7-4-12-26-15-20/h1-13,15,17H,16H2/b21-13+. The van der Waals surface area contributed by atoms with Gasteiger partial charge in [0.25, 0.3) is 5.69 Å². The first kappa shape index (κ1) is 19.7. The zero-order valence-electron chi connectivity index (χ0n) is 16.4. The summed E-state index contributed by atoms with van der Waals surface area (Å²) < 4.78 is 1.83. The van der Waals surface area contributed by atoms with E-state index in [4.69, 9.17) is 5.10 Å². The lowest BCUT2D eigenvalue weighted by molar-refractivity contribution is -0.384. The fourth-order valence-electron chi connectivity index (χ4n) is 3.22. The Morgan fingerprint density at radius 3 is 2.52 bits per heavy atom. The first-order valence-electron chi connectivity index (χ1n) is 9.52. The molecule has 0 saturated heterocycles. The molecule has 0 atom stereocenters. The smallest absolute Gasteiger partial charge is 0.267 e. The van der Waals surface area contributed by atoms with Crippen LogP contribution in [0.1, 0.15) is 16.7 Å². The molecule has 0 aliphatic rings. The van der Waals surface area contributed by atoms with Gasteiger partial charge in [-0.3, -0.25) is 19.8 Å². The van der Waals surface area contributed by atoms with Crippen molar-refractivity contribution in [2.75, 3.05) is 0 Å². The quantitative estimate of drug-likeness (QED) is 0.255. The summed E-state index contributed by atoms with van der Waals surface area (Å²) in [5.74, 6) is 0. The lowest BCUT2D eigenvalue weighted by Crippen LogP contribution is -2.00. The largest absolute Gasteiger partial charge is 0.269 e. The Balaban J connectivity index is 1.76. The van der Waals surface area contributed by atoms with Crippen molar-refractivity contribution in [1.29, 1.82) is 5.26 Å². The van der Waals surface area contributed by atoms with E-state index in [0.717, 1.165) is 16.7 Å². The second-order valence-electron chi connectivity index (χ2n) is 6.83. The number of nitrogens with zero attached hydrogens (tertiary/aromatic N) is 5. The van der Waals surface area contributed by atoms with Crippen LogP contribution >= 0.6 is 0 Å². The Kier molecular flexibility index (Phi) is 5.63. The van der Waals surface area contributed by atoms with E-state index in [1.807, 2.05) is 53.3 Å². The van der Waals surface area contributed by atoms with Gasteiger partial charge in [-0.25, -0.2) is 0 Å². The number of allylic oxidation sites excluding steroid dienone is 1. The van der Waals surface area contributed by atoms with Crippen LogP contribution in [0.3, 0.4) is 0 Å². The summed E-state index contributed by atoms with van der Waals surface area (Å²) >= 11 is 0. The van der Waals surface area contributed by atoms with Crippen LogP contribution < -0.4 is 0 Å².